The van der Waals surface area contributed by atoms with Crippen LogP contribution in [-0.2, 0) is 16.0 Å². The smallest absolute Gasteiger partial charge is 0.310 e. The first-order chi connectivity index (χ1) is 12.0. The highest BCUT2D eigenvalue weighted by Crippen LogP contribution is 2.24. The first-order valence-electron chi connectivity index (χ1n) is 9.07. The second-order valence-electron chi connectivity index (χ2n) is 6.59. The van der Waals surface area contributed by atoms with Gasteiger partial charge in [-0.15, -0.1) is 11.3 Å². The molecular weight excluding hydrogens is 336 g/mol. The number of ether oxygens (including phenoxy) is 1. The van der Waals surface area contributed by atoms with Gasteiger partial charge in [0.15, 0.2) is 5.96 Å². The van der Waals surface area contributed by atoms with Crippen LogP contribution in [0.1, 0.15) is 37.4 Å². The Morgan fingerprint density at radius 3 is 2.92 bits per heavy atom. The van der Waals surface area contributed by atoms with Crippen molar-refractivity contribution in [1.82, 2.24) is 15.2 Å². The molecule has 2 atom stereocenters. The standard InChI is InChI=1S/C18H30N4O2S/c1-5-19-18(22-10-13(2)15(11-22)17(23)24-4)20-9-7-6-8-16-21-14(3)12-25-16/h12-13,15H,5-11H2,1-4H3,(H,19,20). The lowest BCUT2D eigenvalue weighted by Crippen LogP contribution is -2.40. The number of aliphatic imine (C=N–C) groups is 1. The zero-order chi connectivity index (χ0) is 18.2. The lowest BCUT2D eigenvalue weighted by Gasteiger charge is -2.21. The Hall–Kier alpha value is -1.63. The third-order valence-corrected chi connectivity index (χ3v) is 5.50. The normalized spacial score (nSPS) is 20.8. The number of likely N-dealkylation sites (tertiary alicyclic amines) is 1. The summed E-state index contributed by atoms with van der Waals surface area (Å²) < 4.78 is 4.92. The molecule has 1 aliphatic rings. The van der Waals surface area contributed by atoms with Crippen molar-refractivity contribution in [2.45, 2.75) is 40.0 Å². The van der Waals surface area contributed by atoms with Gasteiger partial charge in [-0.2, -0.15) is 0 Å². The maximum absolute atomic E-state index is 11.9. The molecule has 1 fully saturated rings. The van der Waals surface area contributed by atoms with Crippen molar-refractivity contribution < 1.29 is 9.53 Å². The molecule has 0 spiro atoms. The zero-order valence-electron chi connectivity index (χ0n) is 15.7. The van der Waals surface area contributed by atoms with E-state index >= 15 is 0 Å². The number of thiazole rings is 1. The SMILES string of the molecule is CCNC(=NCCCCc1nc(C)cs1)N1CC(C)C(C(=O)OC)C1. The molecule has 0 bridgehead atoms. The molecule has 0 saturated carbocycles. The summed E-state index contributed by atoms with van der Waals surface area (Å²) in [4.78, 5) is 23.3. The lowest BCUT2D eigenvalue weighted by atomic mass is 9.99. The van der Waals surface area contributed by atoms with Gasteiger partial charge < -0.3 is 15.0 Å². The van der Waals surface area contributed by atoms with E-state index in [0.29, 0.717) is 6.54 Å². The van der Waals surface area contributed by atoms with E-state index < -0.39 is 0 Å². The minimum Gasteiger partial charge on any atom is -0.469 e. The van der Waals surface area contributed by atoms with Crippen LogP contribution >= 0.6 is 11.3 Å². The fraction of sp³-hybridized carbons (Fsp3) is 0.722. The lowest BCUT2D eigenvalue weighted by molar-refractivity contribution is -0.145. The van der Waals surface area contributed by atoms with Gasteiger partial charge in [-0.3, -0.25) is 9.79 Å². The first kappa shape index (κ1) is 19.7. The third kappa shape index (κ3) is 5.70. The predicted octanol–water partition coefficient (Wildman–Crippen LogP) is 2.48. The van der Waals surface area contributed by atoms with E-state index in [1.165, 1.54) is 12.1 Å². The number of hydrogen-bond acceptors (Lipinski definition) is 5. The van der Waals surface area contributed by atoms with Crippen molar-refractivity contribution in [3.63, 3.8) is 0 Å². The minimum absolute atomic E-state index is 0.0676. The summed E-state index contributed by atoms with van der Waals surface area (Å²) in [5.41, 5.74) is 1.11. The number of nitrogens with one attached hydrogen (secondary N) is 1. The molecule has 0 amide bonds. The van der Waals surface area contributed by atoms with E-state index in [-0.39, 0.29) is 17.8 Å². The summed E-state index contributed by atoms with van der Waals surface area (Å²) in [6.45, 7) is 9.33. The molecule has 1 aliphatic heterocycles. The number of aromatic nitrogens is 1. The molecule has 7 heteroatoms. The number of esters is 1. The van der Waals surface area contributed by atoms with Crippen LogP contribution in [0.25, 0.3) is 0 Å². The van der Waals surface area contributed by atoms with E-state index in [9.17, 15) is 4.79 Å². The van der Waals surface area contributed by atoms with E-state index in [1.807, 2.05) is 6.92 Å². The molecule has 2 rings (SSSR count). The molecule has 1 saturated heterocycles. The van der Waals surface area contributed by atoms with Crippen LogP contribution in [-0.4, -0.2) is 55.1 Å². The van der Waals surface area contributed by atoms with Crippen molar-refractivity contribution in [2.75, 3.05) is 33.3 Å². The number of hydrogen-bond donors (Lipinski definition) is 1. The average Bonchev–Trinajstić information content (AvgIpc) is 3.18. The Labute approximate surface area is 154 Å². The van der Waals surface area contributed by atoms with Crippen molar-refractivity contribution >= 4 is 23.3 Å². The van der Waals surface area contributed by atoms with Gasteiger partial charge in [-0.25, -0.2) is 4.98 Å². The number of carbonyl (C=O) groups excluding carboxylic acids is 1. The Morgan fingerprint density at radius 2 is 2.28 bits per heavy atom. The molecule has 25 heavy (non-hydrogen) atoms. The van der Waals surface area contributed by atoms with Crippen LogP contribution in [0.5, 0.6) is 0 Å². The number of carbonyl (C=O) groups is 1. The van der Waals surface area contributed by atoms with Crippen LogP contribution in [0.15, 0.2) is 10.4 Å². The number of methoxy groups -OCH3 is 1. The Morgan fingerprint density at radius 1 is 1.48 bits per heavy atom. The van der Waals surface area contributed by atoms with E-state index in [2.05, 4.69) is 34.4 Å². The molecule has 0 aliphatic carbocycles. The number of rotatable bonds is 7. The topological polar surface area (TPSA) is 66.8 Å². The van der Waals surface area contributed by atoms with Crippen LogP contribution in [0.2, 0.25) is 0 Å². The molecule has 0 aromatic carbocycles. The summed E-state index contributed by atoms with van der Waals surface area (Å²) >= 11 is 1.74. The quantitative estimate of drug-likeness (QED) is 0.348. The highest BCUT2D eigenvalue weighted by Gasteiger charge is 2.36. The molecule has 140 valence electrons. The Bertz CT molecular complexity index is 587. The molecular formula is C18H30N4O2S. The maximum Gasteiger partial charge on any atom is 0.310 e. The van der Waals surface area contributed by atoms with Crippen molar-refractivity contribution in [3.05, 3.63) is 16.1 Å². The van der Waals surface area contributed by atoms with Crippen molar-refractivity contribution in [1.29, 1.82) is 0 Å². The highest BCUT2D eigenvalue weighted by atomic mass is 32.1. The van der Waals surface area contributed by atoms with E-state index in [0.717, 1.165) is 50.6 Å². The number of aryl methyl sites for hydroxylation is 2. The second kappa shape index (κ2) is 9.75. The van der Waals surface area contributed by atoms with Gasteiger partial charge in [0.1, 0.15) is 0 Å². The van der Waals surface area contributed by atoms with Crippen LogP contribution in [0.3, 0.4) is 0 Å². The summed E-state index contributed by atoms with van der Waals surface area (Å²) in [5.74, 6) is 1.00. The maximum atomic E-state index is 11.9. The highest BCUT2D eigenvalue weighted by molar-refractivity contribution is 7.09. The average molecular weight is 367 g/mol. The molecule has 2 heterocycles. The second-order valence-corrected chi connectivity index (χ2v) is 7.53. The van der Waals surface area contributed by atoms with Gasteiger partial charge in [0.2, 0.25) is 0 Å². The van der Waals surface area contributed by atoms with Crippen LogP contribution < -0.4 is 5.32 Å². The van der Waals surface area contributed by atoms with Crippen LogP contribution in [0.4, 0.5) is 0 Å². The number of guanidine groups is 1. The van der Waals surface area contributed by atoms with Gasteiger partial charge >= 0.3 is 5.97 Å². The fourth-order valence-electron chi connectivity index (χ4n) is 3.11. The molecule has 1 aromatic heterocycles. The van der Waals surface area contributed by atoms with E-state index in [1.54, 1.807) is 11.3 Å². The number of nitrogens with zero attached hydrogens (tertiary/aromatic N) is 3. The van der Waals surface area contributed by atoms with Gasteiger partial charge in [-0.1, -0.05) is 6.92 Å². The summed E-state index contributed by atoms with van der Waals surface area (Å²) in [6.07, 6.45) is 3.16. The summed E-state index contributed by atoms with van der Waals surface area (Å²) in [5, 5.41) is 6.66. The zero-order valence-corrected chi connectivity index (χ0v) is 16.6. The Kier molecular flexibility index (Phi) is 7.68. The first-order valence-corrected chi connectivity index (χ1v) is 9.95. The predicted molar refractivity (Wildman–Crippen MR) is 102 cm³/mol. The van der Waals surface area contributed by atoms with Gasteiger partial charge in [-0.05, 0) is 39.0 Å². The molecule has 1 N–H and O–H groups in total. The monoisotopic (exact) mass is 366 g/mol. The van der Waals surface area contributed by atoms with Gasteiger partial charge in [0.05, 0.1) is 18.0 Å². The van der Waals surface area contributed by atoms with Crippen molar-refractivity contribution in [2.24, 2.45) is 16.8 Å². The molecule has 6 nitrogen and oxygen atoms in total. The fourth-order valence-corrected chi connectivity index (χ4v) is 3.93. The molecule has 0 radical (unpaired) electrons. The van der Waals surface area contributed by atoms with Crippen LogP contribution in [0, 0.1) is 18.8 Å². The number of unbranched alkanes of at least 4 members (excludes halogenated alkanes) is 1. The molecule has 1 aromatic rings. The van der Waals surface area contributed by atoms with Crippen molar-refractivity contribution in [3.8, 4) is 0 Å². The van der Waals surface area contributed by atoms with Gasteiger partial charge in [0, 0.05) is 37.3 Å². The largest absolute Gasteiger partial charge is 0.469 e. The summed E-state index contributed by atoms with van der Waals surface area (Å²) in [6, 6.07) is 0. The van der Waals surface area contributed by atoms with E-state index in [4.69, 9.17) is 9.73 Å². The minimum atomic E-state index is -0.121. The summed E-state index contributed by atoms with van der Waals surface area (Å²) in [7, 11) is 1.46. The third-order valence-electron chi connectivity index (χ3n) is 4.48. The Balaban J connectivity index is 1.82. The molecule has 2 unspecified atom stereocenters. The van der Waals surface area contributed by atoms with Gasteiger partial charge in [0.25, 0.3) is 0 Å².